The van der Waals surface area contributed by atoms with Crippen LogP contribution in [-0.4, -0.2) is 36.1 Å². The van der Waals surface area contributed by atoms with E-state index in [1.807, 2.05) is 0 Å². The highest BCUT2D eigenvalue weighted by atomic mass is 15.3. The minimum atomic E-state index is 0.304. The molecule has 0 saturated carbocycles. The van der Waals surface area contributed by atoms with Crippen molar-refractivity contribution < 1.29 is 0 Å². The SMILES string of the molecule is CCC1CNC(C)(CC)CN1CC(C)(C)C(C)C. The average Bonchev–Trinajstić information content (AvgIpc) is 2.29. The first kappa shape index (κ1) is 16.0. The smallest absolute Gasteiger partial charge is 0.0278 e. The van der Waals surface area contributed by atoms with E-state index in [0.717, 1.165) is 12.5 Å². The predicted molar refractivity (Wildman–Crippen MR) is 81.0 cm³/mol. The Morgan fingerprint density at radius 2 is 1.94 bits per heavy atom. The van der Waals surface area contributed by atoms with Gasteiger partial charge < -0.3 is 5.32 Å². The molecule has 108 valence electrons. The van der Waals surface area contributed by atoms with Crippen molar-refractivity contribution in [2.75, 3.05) is 19.6 Å². The summed E-state index contributed by atoms with van der Waals surface area (Å²) >= 11 is 0. The Balaban J connectivity index is 2.75. The molecule has 0 bridgehead atoms. The van der Waals surface area contributed by atoms with Crippen LogP contribution in [0.5, 0.6) is 0 Å². The molecule has 0 aliphatic carbocycles. The maximum absolute atomic E-state index is 3.75. The first-order chi connectivity index (χ1) is 8.24. The van der Waals surface area contributed by atoms with E-state index in [1.165, 1.54) is 25.9 Å². The van der Waals surface area contributed by atoms with Crippen LogP contribution >= 0.6 is 0 Å². The molecule has 2 unspecified atom stereocenters. The van der Waals surface area contributed by atoms with Crippen LogP contribution < -0.4 is 5.32 Å². The van der Waals surface area contributed by atoms with Gasteiger partial charge in [-0.25, -0.2) is 0 Å². The molecule has 0 aromatic heterocycles. The minimum absolute atomic E-state index is 0.304. The van der Waals surface area contributed by atoms with E-state index in [1.54, 1.807) is 0 Å². The van der Waals surface area contributed by atoms with Gasteiger partial charge in [-0.2, -0.15) is 0 Å². The van der Waals surface area contributed by atoms with E-state index in [9.17, 15) is 0 Å². The van der Waals surface area contributed by atoms with E-state index in [4.69, 9.17) is 0 Å². The first-order valence-corrected chi connectivity index (χ1v) is 7.73. The van der Waals surface area contributed by atoms with Gasteiger partial charge in [-0.15, -0.1) is 0 Å². The zero-order valence-corrected chi connectivity index (χ0v) is 13.6. The van der Waals surface area contributed by atoms with Crippen molar-refractivity contribution in [2.45, 2.75) is 72.9 Å². The Morgan fingerprint density at radius 3 is 2.39 bits per heavy atom. The van der Waals surface area contributed by atoms with Crippen molar-refractivity contribution in [3.05, 3.63) is 0 Å². The van der Waals surface area contributed by atoms with Crippen molar-refractivity contribution in [2.24, 2.45) is 11.3 Å². The molecule has 1 aliphatic rings. The molecule has 0 aromatic rings. The lowest BCUT2D eigenvalue weighted by Gasteiger charge is -2.49. The Bertz CT molecular complexity index is 260. The standard InChI is InChI=1S/C16H34N2/c1-8-14-10-17-16(7,9-2)12-18(14)11-15(5,6)13(3)4/h13-14,17H,8-12H2,1-7H3. The van der Waals surface area contributed by atoms with Crippen LogP contribution in [-0.2, 0) is 0 Å². The van der Waals surface area contributed by atoms with Crippen molar-refractivity contribution in [1.82, 2.24) is 10.2 Å². The Hall–Kier alpha value is -0.0800. The van der Waals surface area contributed by atoms with E-state index in [2.05, 4.69) is 58.7 Å². The summed E-state index contributed by atoms with van der Waals surface area (Å²) in [6.07, 6.45) is 2.46. The minimum Gasteiger partial charge on any atom is -0.309 e. The summed E-state index contributed by atoms with van der Waals surface area (Å²) in [6.45, 7) is 20.1. The molecule has 1 heterocycles. The zero-order valence-electron chi connectivity index (χ0n) is 13.6. The third kappa shape index (κ3) is 3.71. The summed E-state index contributed by atoms with van der Waals surface area (Å²) in [7, 11) is 0. The second-order valence-electron chi connectivity index (χ2n) is 7.41. The van der Waals surface area contributed by atoms with Crippen LogP contribution in [0.4, 0.5) is 0 Å². The molecular formula is C16H34N2. The quantitative estimate of drug-likeness (QED) is 0.807. The van der Waals surface area contributed by atoms with Gasteiger partial charge in [0.2, 0.25) is 0 Å². The highest BCUT2D eigenvalue weighted by Crippen LogP contribution is 2.30. The van der Waals surface area contributed by atoms with Gasteiger partial charge >= 0.3 is 0 Å². The number of piperazine rings is 1. The summed E-state index contributed by atoms with van der Waals surface area (Å²) in [5.74, 6) is 0.734. The van der Waals surface area contributed by atoms with E-state index in [0.29, 0.717) is 17.0 Å². The Kier molecular flexibility index (Phi) is 5.25. The number of hydrogen-bond acceptors (Lipinski definition) is 2. The summed E-state index contributed by atoms with van der Waals surface area (Å²) in [4.78, 5) is 2.74. The van der Waals surface area contributed by atoms with Crippen LogP contribution in [0, 0.1) is 11.3 Å². The molecule has 1 saturated heterocycles. The average molecular weight is 254 g/mol. The van der Waals surface area contributed by atoms with Gasteiger partial charge in [-0.05, 0) is 31.1 Å². The number of nitrogens with one attached hydrogen (secondary N) is 1. The van der Waals surface area contributed by atoms with Gasteiger partial charge in [0.15, 0.2) is 0 Å². The highest BCUT2D eigenvalue weighted by Gasteiger charge is 2.36. The van der Waals surface area contributed by atoms with Gasteiger partial charge in [0.1, 0.15) is 0 Å². The van der Waals surface area contributed by atoms with Crippen molar-refractivity contribution in [3.8, 4) is 0 Å². The second-order valence-corrected chi connectivity index (χ2v) is 7.41. The molecule has 18 heavy (non-hydrogen) atoms. The third-order valence-corrected chi connectivity index (χ3v) is 5.26. The maximum Gasteiger partial charge on any atom is 0.0278 e. The molecule has 0 radical (unpaired) electrons. The molecule has 1 aliphatic heterocycles. The van der Waals surface area contributed by atoms with Crippen LogP contribution in [0.25, 0.3) is 0 Å². The summed E-state index contributed by atoms with van der Waals surface area (Å²) in [6, 6.07) is 0.711. The van der Waals surface area contributed by atoms with Gasteiger partial charge in [-0.3, -0.25) is 4.90 Å². The van der Waals surface area contributed by atoms with Crippen molar-refractivity contribution >= 4 is 0 Å². The summed E-state index contributed by atoms with van der Waals surface area (Å²) < 4.78 is 0. The molecule has 0 spiro atoms. The molecule has 0 aromatic carbocycles. The van der Waals surface area contributed by atoms with Gasteiger partial charge in [-0.1, -0.05) is 41.5 Å². The fourth-order valence-corrected chi connectivity index (χ4v) is 2.66. The van der Waals surface area contributed by atoms with Crippen LogP contribution in [0.3, 0.4) is 0 Å². The lowest BCUT2D eigenvalue weighted by molar-refractivity contribution is 0.0351. The lowest BCUT2D eigenvalue weighted by Crippen LogP contribution is -2.63. The van der Waals surface area contributed by atoms with E-state index < -0.39 is 0 Å². The summed E-state index contributed by atoms with van der Waals surface area (Å²) in [5, 5.41) is 3.75. The normalized spacial score (nSPS) is 31.0. The molecule has 2 atom stereocenters. The topological polar surface area (TPSA) is 15.3 Å². The van der Waals surface area contributed by atoms with E-state index >= 15 is 0 Å². The second kappa shape index (κ2) is 5.92. The highest BCUT2D eigenvalue weighted by molar-refractivity contribution is 4.95. The molecule has 0 amide bonds. The summed E-state index contributed by atoms with van der Waals surface area (Å²) in [5.41, 5.74) is 0.706. The monoisotopic (exact) mass is 254 g/mol. The molecule has 2 nitrogen and oxygen atoms in total. The predicted octanol–water partition coefficient (Wildman–Crippen LogP) is 3.52. The first-order valence-electron chi connectivity index (χ1n) is 7.73. The molecule has 1 fully saturated rings. The maximum atomic E-state index is 3.75. The largest absolute Gasteiger partial charge is 0.309 e. The fraction of sp³-hybridized carbons (Fsp3) is 1.00. The van der Waals surface area contributed by atoms with Gasteiger partial charge in [0, 0.05) is 31.2 Å². The Morgan fingerprint density at radius 1 is 1.33 bits per heavy atom. The fourth-order valence-electron chi connectivity index (χ4n) is 2.66. The zero-order chi connectivity index (χ0) is 14.0. The van der Waals surface area contributed by atoms with Crippen molar-refractivity contribution in [3.63, 3.8) is 0 Å². The number of nitrogens with zero attached hydrogens (tertiary/aromatic N) is 1. The van der Waals surface area contributed by atoms with Crippen LogP contribution in [0.2, 0.25) is 0 Å². The van der Waals surface area contributed by atoms with Gasteiger partial charge in [0.05, 0.1) is 0 Å². The van der Waals surface area contributed by atoms with E-state index in [-0.39, 0.29) is 0 Å². The molecular weight excluding hydrogens is 220 g/mol. The Labute approximate surface area is 115 Å². The lowest BCUT2D eigenvalue weighted by atomic mass is 9.79. The number of hydrogen-bond donors (Lipinski definition) is 1. The molecule has 1 rings (SSSR count). The third-order valence-electron chi connectivity index (χ3n) is 5.26. The van der Waals surface area contributed by atoms with Crippen LogP contribution in [0.1, 0.15) is 61.3 Å². The number of rotatable bonds is 5. The van der Waals surface area contributed by atoms with Crippen molar-refractivity contribution in [1.29, 1.82) is 0 Å². The van der Waals surface area contributed by atoms with Crippen LogP contribution in [0.15, 0.2) is 0 Å². The molecule has 2 heteroatoms. The molecule has 1 N–H and O–H groups in total. The van der Waals surface area contributed by atoms with Gasteiger partial charge in [0.25, 0.3) is 0 Å².